The summed E-state index contributed by atoms with van der Waals surface area (Å²) in [6, 6.07) is 4.48. The molecule has 0 aliphatic carbocycles. The predicted octanol–water partition coefficient (Wildman–Crippen LogP) is 5.73. The summed E-state index contributed by atoms with van der Waals surface area (Å²) in [6.07, 6.45) is 5.43. The van der Waals surface area contributed by atoms with Crippen LogP contribution < -0.4 is 0 Å². The van der Waals surface area contributed by atoms with Crippen molar-refractivity contribution in [2.45, 2.75) is 61.9 Å². The zero-order chi connectivity index (χ0) is 13.5. The molecular formula is C16H31BrN4Y. The van der Waals surface area contributed by atoms with E-state index in [4.69, 9.17) is 0 Å². The average molecular weight is 448 g/mol. The van der Waals surface area contributed by atoms with E-state index in [9.17, 15) is 0 Å². The van der Waals surface area contributed by atoms with E-state index < -0.39 is 0 Å². The molecule has 0 bridgehead atoms. The fourth-order valence-corrected chi connectivity index (χ4v) is 1.46. The van der Waals surface area contributed by atoms with Crippen LogP contribution in [-0.2, 0) is 32.7 Å². The van der Waals surface area contributed by atoms with Gasteiger partial charge in [-0.3, -0.25) is 4.68 Å². The van der Waals surface area contributed by atoms with Crippen LogP contribution in [0.2, 0.25) is 0 Å². The summed E-state index contributed by atoms with van der Waals surface area (Å²) < 4.78 is 2.71. The number of nitrogens with zero attached hydrogens (tertiary/aromatic N) is 4. The molecule has 2 rings (SSSR count). The Balaban J connectivity index is -0.000000126. The molecule has 0 aliphatic rings. The van der Waals surface area contributed by atoms with E-state index in [0.717, 1.165) is 4.60 Å². The third-order valence-electron chi connectivity index (χ3n) is 2.39. The topological polar surface area (TPSA) is 43.6 Å². The standard InChI is InChI=1S/C8H10BrN.C5H9N3.3CH4.Y/c1-6(2)7-3-4-8(9)10-5-7;1-5(2)8-4-3-6-7-8;;;;/h3-6H,1-2H3;3-5H,1-2H3;3*1H4;. The van der Waals surface area contributed by atoms with Crippen LogP contribution >= 0.6 is 15.9 Å². The average Bonchev–Trinajstić information content (AvgIpc) is 2.84. The van der Waals surface area contributed by atoms with Crippen molar-refractivity contribution in [2.24, 2.45) is 0 Å². The summed E-state index contributed by atoms with van der Waals surface area (Å²) in [5.41, 5.74) is 1.28. The summed E-state index contributed by atoms with van der Waals surface area (Å²) in [5.74, 6) is 0.570. The minimum atomic E-state index is 0. The van der Waals surface area contributed by atoms with Gasteiger partial charge in [0.05, 0.1) is 6.20 Å². The molecule has 6 heteroatoms. The molecule has 0 unspecified atom stereocenters. The summed E-state index contributed by atoms with van der Waals surface area (Å²) >= 11 is 3.28. The predicted molar refractivity (Wildman–Crippen MR) is 96.6 cm³/mol. The van der Waals surface area contributed by atoms with Gasteiger partial charge in [0.15, 0.2) is 0 Å². The Kier molecular flexibility index (Phi) is 21.4. The van der Waals surface area contributed by atoms with E-state index >= 15 is 0 Å². The van der Waals surface area contributed by atoms with Crippen molar-refractivity contribution in [1.29, 1.82) is 0 Å². The summed E-state index contributed by atoms with van der Waals surface area (Å²) in [7, 11) is 0. The first kappa shape index (κ1) is 29.8. The van der Waals surface area contributed by atoms with Crippen LogP contribution in [-0.4, -0.2) is 20.0 Å². The normalized spacial score (nSPS) is 8.50. The number of hydrogen-bond acceptors (Lipinski definition) is 3. The first-order valence-corrected chi connectivity index (χ1v) is 6.77. The third-order valence-corrected chi connectivity index (χ3v) is 2.86. The first-order chi connectivity index (χ1) is 8.50. The van der Waals surface area contributed by atoms with Crippen molar-refractivity contribution in [3.63, 3.8) is 0 Å². The van der Waals surface area contributed by atoms with Crippen LogP contribution in [0.1, 0.15) is 67.5 Å². The molecule has 1 radical (unpaired) electrons. The molecule has 2 aromatic heterocycles. The molecule has 0 aliphatic heterocycles. The number of aromatic nitrogens is 4. The van der Waals surface area contributed by atoms with Gasteiger partial charge in [-0.25, -0.2) is 4.98 Å². The van der Waals surface area contributed by atoms with Gasteiger partial charge in [0.1, 0.15) is 4.60 Å². The molecule has 0 spiro atoms. The van der Waals surface area contributed by atoms with Crippen LogP contribution in [0, 0.1) is 0 Å². The van der Waals surface area contributed by atoms with Gasteiger partial charge in [-0.05, 0) is 47.3 Å². The Morgan fingerprint density at radius 2 is 1.64 bits per heavy atom. The molecule has 0 aromatic carbocycles. The van der Waals surface area contributed by atoms with Crippen LogP contribution in [0.5, 0.6) is 0 Å². The third kappa shape index (κ3) is 11.4. The molecule has 2 aromatic rings. The second-order valence-electron chi connectivity index (χ2n) is 4.55. The van der Waals surface area contributed by atoms with Gasteiger partial charge in [-0.2, -0.15) is 0 Å². The fourth-order valence-electron chi connectivity index (χ4n) is 1.22. The van der Waals surface area contributed by atoms with Crippen molar-refractivity contribution in [2.75, 3.05) is 0 Å². The van der Waals surface area contributed by atoms with E-state index in [1.54, 1.807) is 10.9 Å². The van der Waals surface area contributed by atoms with E-state index in [-0.39, 0.29) is 55.0 Å². The van der Waals surface area contributed by atoms with Crippen molar-refractivity contribution in [1.82, 2.24) is 20.0 Å². The van der Waals surface area contributed by atoms with Gasteiger partial charge in [0.2, 0.25) is 0 Å². The van der Waals surface area contributed by atoms with Gasteiger partial charge < -0.3 is 0 Å². The van der Waals surface area contributed by atoms with Crippen molar-refractivity contribution in [3.05, 3.63) is 40.9 Å². The maximum absolute atomic E-state index is 4.12. The maximum Gasteiger partial charge on any atom is 0.106 e. The van der Waals surface area contributed by atoms with Crippen LogP contribution in [0.3, 0.4) is 0 Å². The van der Waals surface area contributed by atoms with E-state index in [1.807, 2.05) is 18.5 Å². The summed E-state index contributed by atoms with van der Waals surface area (Å²) in [5, 5.41) is 7.44. The molecule has 4 nitrogen and oxygen atoms in total. The molecule has 0 N–H and O–H groups in total. The van der Waals surface area contributed by atoms with Crippen LogP contribution in [0.25, 0.3) is 0 Å². The molecule has 0 atom stereocenters. The number of halogens is 1. The van der Waals surface area contributed by atoms with Crippen LogP contribution in [0.4, 0.5) is 0 Å². The van der Waals surface area contributed by atoms with Gasteiger partial charge >= 0.3 is 0 Å². The summed E-state index contributed by atoms with van der Waals surface area (Å²) in [6.45, 7) is 8.44. The van der Waals surface area contributed by atoms with E-state index in [1.165, 1.54) is 5.56 Å². The minimum Gasteiger partial charge on any atom is -0.250 e. The Bertz CT molecular complexity index is 442. The quantitative estimate of drug-likeness (QED) is 0.551. The molecular weight excluding hydrogens is 417 g/mol. The molecule has 125 valence electrons. The minimum absolute atomic E-state index is 0. The monoisotopic (exact) mass is 447 g/mol. The van der Waals surface area contributed by atoms with Gasteiger partial charge in [-0.15, -0.1) is 5.10 Å². The zero-order valence-electron chi connectivity index (χ0n) is 11.8. The molecule has 0 saturated heterocycles. The number of hydrogen-bond donors (Lipinski definition) is 0. The maximum atomic E-state index is 4.12. The van der Waals surface area contributed by atoms with Gasteiger partial charge in [0, 0.05) is 51.1 Å². The van der Waals surface area contributed by atoms with Crippen molar-refractivity contribution in [3.8, 4) is 0 Å². The largest absolute Gasteiger partial charge is 0.250 e. The smallest absolute Gasteiger partial charge is 0.106 e. The molecule has 2 heterocycles. The second kappa shape index (κ2) is 15.8. The summed E-state index contributed by atoms with van der Waals surface area (Å²) in [4.78, 5) is 4.12. The van der Waals surface area contributed by atoms with Crippen molar-refractivity contribution < 1.29 is 32.7 Å². The Morgan fingerprint density at radius 1 is 1.05 bits per heavy atom. The fraction of sp³-hybridized carbons (Fsp3) is 0.562. The second-order valence-corrected chi connectivity index (χ2v) is 5.36. The van der Waals surface area contributed by atoms with Crippen molar-refractivity contribution >= 4 is 15.9 Å². The first-order valence-electron chi connectivity index (χ1n) is 5.98. The SMILES string of the molecule is C.C.C.CC(C)c1ccc(Br)nc1.CC(C)n1ccnn1.[Y]. The van der Waals surface area contributed by atoms with E-state index in [2.05, 4.69) is 65.0 Å². The molecule has 22 heavy (non-hydrogen) atoms. The number of rotatable bonds is 2. The van der Waals surface area contributed by atoms with Gasteiger partial charge in [0.25, 0.3) is 0 Å². The molecule has 0 amide bonds. The Labute approximate surface area is 170 Å². The Morgan fingerprint density at radius 3 is 1.91 bits per heavy atom. The Hall–Kier alpha value is -0.126. The zero-order valence-corrected chi connectivity index (χ0v) is 16.2. The molecule has 0 saturated carbocycles. The van der Waals surface area contributed by atoms with E-state index in [0.29, 0.717) is 12.0 Å². The van der Waals surface area contributed by atoms with Gasteiger partial charge in [-0.1, -0.05) is 47.4 Å². The molecule has 0 fully saturated rings. The van der Waals surface area contributed by atoms with Crippen LogP contribution in [0.15, 0.2) is 35.3 Å². The number of pyridine rings is 1.